The van der Waals surface area contributed by atoms with Gasteiger partial charge in [-0.3, -0.25) is 0 Å². The molecule has 4 aromatic carbocycles. The Morgan fingerprint density at radius 1 is 0.825 bits per heavy atom. The van der Waals surface area contributed by atoms with E-state index in [0.717, 1.165) is 11.1 Å². The minimum Gasteiger partial charge on any atom is -0.463 e. The van der Waals surface area contributed by atoms with Crippen LogP contribution in [0, 0.1) is 11.6 Å². The Morgan fingerprint density at radius 3 is 1.90 bits per heavy atom. The molecule has 4 nitrogen and oxygen atoms in total. The Hall–Kier alpha value is -3.87. The van der Waals surface area contributed by atoms with Crippen LogP contribution in [0.2, 0.25) is 10.0 Å². The summed E-state index contributed by atoms with van der Waals surface area (Å²) in [5.74, 6) is -1.23. The fraction of sp³-hybridized carbons (Fsp3) is 0.156. The number of carbonyl (C=O) groups is 1. The van der Waals surface area contributed by atoms with Crippen molar-refractivity contribution >= 4 is 40.5 Å². The van der Waals surface area contributed by atoms with E-state index < -0.39 is 12.0 Å². The standard InChI is InChI=1S/C32H26Cl2F2N2O2/c1-2-40-32(39)30-28(37-26-15-11-24(35)12-16-26)19-29(20-3-7-22(33)8-4-20)38(27-17-13-25(36)14-18-27)31(30)21-5-9-23(34)10-6-21/h3-18,29,31,37H,2,19H2,1H3/t29-,31+/m1/s1. The number of ether oxygens (including phenoxy) is 1. The molecule has 40 heavy (non-hydrogen) atoms. The van der Waals surface area contributed by atoms with Crippen molar-refractivity contribution in [2.45, 2.75) is 25.4 Å². The van der Waals surface area contributed by atoms with Crippen molar-refractivity contribution in [1.29, 1.82) is 0 Å². The zero-order chi connectivity index (χ0) is 28.2. The van der Waals surface area contributed by atoms with E-state index in [1.165, 1.54) is 24.3 Å². The minimum atomic E-state index is -0.640. The molecule has 0 spiro atoms. The van der Waals surface area contributed by atoms with E-state index in [9.17, 15) is 13.6 Å². The number of esters is 1. The van der Waals surface area contributed by atoms with Crippen LogP contribution in [0.5, 0.6) is 0 Å². The molecule has 2 atom stereocenters. The van der Waals surface area contributed by atoms with Gasteiger partial charge in [-0.25, -0.2) is 13.6 Å². The number of hydrogen-bond acceptors (Lipinski definition) is 4. The van der Waals surface area contributed by atoms with Crippen LogP contribution in [-0.2, 0) is 9.53 Å². The van der Waals surface area contributed by atoms with Crippen molar-refractivity contribution in [2.24, 2.45) is 0 Å². The summed E-state index contributed by atoms with van der Waals surface area (Å²) in [4.78, 5) is 15.8. The van der Waals surface area contributed by atoms with E-state index in [4.69, 9.17) is 27.9 Å². The van der Waals surface area contributed by atoms with Crippen LogP contribution in [0.3, 0.4) is 0 Å². The molecule has 1 N–H and O–H groups in total. The van der Waals surface area contributed by atoms with E-state index in [-0.39, 0.29) is 24.3 Å². The highest BCUT2D eigenvalue weighted by atomic mass is 35.5. The summed E-state index contributed by atoms with van der Waals surface area (Å²) in [6.45, 7) is 1.93. The van der Waals surface area contributed by atoms with Crippen LogP contribution < -0.4 is 10.2 Å². The maximum Gasteiger partial charge on any atom is 0.338 e. The summed E-state index contributed by atoms with van der Waals surface area (Å²) in [5, 5.41) is 4.52. The number of nitrogens with one attached hydrogen (secondary N) is 1. The van der Waals surface area contributed by atoms with Crippen LogP contribution in [-0.4, -0.2) is 12.6 Å². The molecule has 0 aromatic heterocycles. The van der Waals surface area contributed by atoms with Crippen molar-refractivity contribution in [2.75, 3.05) is 16.8 Å². The second-order valence-corrected chi connectivity index (χ2v) is 10.2. The molecule has 8 heteroatoms. The fourth-order valence-corrected chi connectivity index (χ4v) is 5.29. The van der Waals surface area contributed by atoms with Gasteiger partial charge in [0.2, 0.25) is 0 Å². The molecule has 1 heterocycles. The van der Waals surface area contributed by atoms with E-state index in [1.54, 1.807) is 43.3 Å². The highest BCUT2D eigenvalue weighted by Gasteiger charge is 2.41. The Labute approximate surface area is 241 Å². The van der Waals surface area contributed by atoms with Gasteiger partial charge in [0.25, 0.3) is 0 Å². The molecule has 0 saturated heterocycles. The van der Waals surface area contributed by atoms with Gasteiger partial charge in [0, 0.05) is 33.5 Å². The number of anilines is 2. The summed E-state index contributed by atoms with van der Waals surface area (Å²) in [6.07, 6.45) is 0.370. The quantitative estimate of drug-likeness (QED) is 0.222. The molecule has 0 bridgehead atoms. The van der Waals surface area contributed by atoms with E-state index >= 15 is 0 Å². The third-order valence-corrected chi connectivity index (χ3v) is 7.31. The van der Waals surface area contributed by atoms with Crippen LogP contribution in [0.4, 0.5) is 20.2 Å². The first-order chi connectivity index (χ1) is 19.3. The summed E-state index contributed by atoms with van der Waals surface area (Å²) < 4.78 is 33.3. The molecule has 4 aromatic rings. The Balaban J connectivity index is 1.77. The zero-order valence-corrected chi connectivity index (χ0v) is 23.1. The van der Waals surface area contributed by atoms with Gasteiger partial charge in [-0.05, 0) is 90.8 Å². The van der Waals surface area contributed by atoms with Crippen molar-refractivity contribution < 1.29 is 18.3 Å². The second kappa shape index (κ2) is 12.1. The van der Waals surface area contributed by atoms with Gasteiger partial charge in [0.05, 0.1) is 24.3 Å². The third-order valence-electron chi connectivity index (χ3n) is 6.81. The largest absolute Gasteiger partial charge is 0.463 e. The molecule has 0 unspecified atom stereocenters. The van der Waals surface area contributed by atoms with Gasteiger partial charge in [0.15, 0.2) is 0 Å². The van der Waals surface area contributed by atoms with Gasteiger partial charge in [-0.1, -0.05) is 47.5 Å². The molecule has 0 amide bonds. The van der Waals surface area contributed by atoms with E-state index in [1.807, 2.05) is 36.4 Å². The second-order valence-electron chi connectivity index (χ2n) is 9.35. The molecule has 1 aliphatic rings. The van der Waals surface area contributed by atoms with Crippen LogP contribution in [0.25, 0.3) is 0 Å². The summed E-state index contributed by atoms with van der Waals surface area (Å²) in [5.41, 5.74) is 4.08. The molecule has 204 valence electrons. The lowest BCUT2D eigenvalue weighted by molar-refractivity contribution is -0.139. The first-order valence-electron chi connectivity index (χ1n) is 12.8. The monoisotopic (exact) mass is 578 g/mol. The van der Waals surface area contributed by atoms with Gasteiger partial charge >= 0.3 is 5.97 Å². The smallest absolute Gasteiger partial charge is 0.338 e. The summed E-state index contributed by atoms with van der Waals surface area (Å²) in [7, 11) is 0. The lowest BCUT2D eigenvalue weighted by Gasteiger charge is -2.46. The number of halogens is 4. The van der Waals surface area contributed by atoms with Crippen molar-refractivity contribution in [3.63, 3.8) is 0 Å². The van der Waals surface area contributed by atoms with Gasteiger partial charge in [-0.2, -0.15) is 0 Å². The average molecular weight is 579 g/mol. The summed E-state index contributed by atoms with van der Waals surface area (Å²) >= 11 is 12.5. The maximum absolute atomic E-state index is 14.1. The van der Waals surface area contributed by atoms with Crippen molar-refractivity contribution in [1.82, 2.24) is 0 Å². The lowest BCUT2D eigenvalue weighted by Crippen LogP contribution is -2.41. The van der Waals surface area contributed by atoms with E-state index in [2.05, 4.69) is 10.2 Å². The molecule has 5 rings (SSSR count). The maximum atomic E-state index is 14.1. The molecule has 0 radical (unpaired) electrons. The zero-order valence-electron chi connectivity index (χ0n) is 21.6. The van der Waals surface area contributed by atoms with Crippen LogP contribution in [0.15, 0.2) is 108 Å². The van der Waals surface area contributed by atoms with E-state index in [0.29, 0.717) is 39.1 Å². The van der Waals surface area contributed by atoms with Crippen molar-refractivity contribution in [3.05, 3.63) is 141 Å². The Morgan fingerprint density at radius 2 is 1.35 bits per heavy atom. The first kappa shape index (κ1) is 27.7. The molecule has 1 aliphatic heterocycles. The molecule has 0 aliphatic carbocycles. The van der Waals surface area contributed by atoms with Crippen LogP contribution in [0.1, 0.15) is 36.6 Å². The van der Waals surface area contributed by atoms with Gasteiger partial charge in [0.1, 0.15) is 11.6 Å². The fourth-order valence-electron chi connectivity index (χ4n) is 5.03. The molecular formula is C32H26Cl2F2N2O2. The highest BCUT2D eigenvalue weighted by molar-refractivity contribution is 6.30. The normalized spacial score (nSPS) is 17.1. The average Bonchev–Trinajstić information content (AvgIpc) is 2.95. The highest BCUT2D eigenvalue weighted by Crippen LogP contribution is 2.48. The van der Waals surface area contributed by atoms with Gasteiger partial charge < -0.3 is 15.0 Å². The predicted octanol–water partition coefficient (Wildman–Crippen LogP) is 8.89. The lowest BCUT2D eigenvalue weighted by atomic mass is 9.84. The Kier molecular flexibility index (Phi) is 8.38. The molecular weight excluding hydrogens is 553 g/mol. The first-order valence-corrected chi connectivity index (χ1v) is 13.6. The summed E-state index contributed by atoms with van der Waals surface area (Å²) in [6, 6.07) is 26.0. The number of nitrogens with zero attached hydrogens (tertiary/aromatic N) is 1. The minimum absolute atomic E-state index is 0.177. The number of benzene rings is 4. The molecule has 0 saturated carbocycles. The number of rotatable bonds is 7. The third kappa shape index (κ3) is 5.98. The Bertz CT molecular complexity index is 1510. The number of carbonyl (C=O) groups excluding carboxylic acids is 1. The van der Waals surface area contributed by atoms with Crippen LogP contribution >= 0.6 is 23.2 Å². The topological polar surface area (TPSA) is 41.6 Å². The SMILES string of the molecule is CCOC(=O)C1=C(Nc2ccc(F)cc2)C[C@H](c2ccc(Cl)cc2)N(c2ccc(F)cc2)[C@H]1c1ccc(Cl)cc1. The number of hydrogen-bond donors (Lipinski definition) is 1. The predicted molar refractivity (Wildman–Crippen MR) is 156 cm³/mol. The van der Waals surface area contributed by atoms with Crippen molar-refractivity contribution in [3.8, 4) is 0 Å². The molecule has 0 fully saturated rings. The van der Waals surface area contributed by atoms with Gasteiger partial charge in [-0.15, -0.1) is 0 Å².